The summed E-state index contributed by atoms with van der Waals surface area (Å²) in [7, 11) is 1.65. The topological polar surface area (TPSA) is 66.4 Å². The Bertz CT molecular complexity index is 988. The first-order chi connectivity index (χ1) is 14.6. The van der Waals surface area contributed by atoms with Gasteiger partial charge in [0.05, 0.1) is 12.7 Å². The molecule has 2 amide bonds. The van der Waals surface area contributed by atoms with Crippen LogP contribution in [0, 0.1) is 0 Å². The number of amidine groups is 1. The van der Waals surface area contributed by atoms with Gasteiger partial charge >= 0.3 is 6.03 Å². The molecule has 2 aromatic rings. The summed E-state index contributed by atoms with van der Waals surface area (Å²) < 4.78 is 11.6. The SMILES string of the molecule is C=CCNC(=O)N1CCN(C2=Nc3ccccc3Oc3ccc(OC)cc32)CC1C. The summed E-state index contributed by atoms with van der Waals surface area (Å²) in [5, 5.41) is 2.86. The number of piperazine rings is 1. The number of carbonyl (C=O) groups excluding carboxylic acids is 1. The highest BCUT2D eigenvalue weighted by molar-refractivity contribution is 6.04. The molecule has 7 heteroatoms. The van der Waals surface area contributed by atoms with E-state index < -0.39 is 0 Å². The van der Waals surface area contributed by atoms with Gasteiger partial charge in [0.25, 0.3) is 0 Å². The Morgan fingerprint density at radius 2 is 2.13 bits per heavy atom. The maximum Gasteiger partial charge on any atom is 0.318 e. The molecule has 1 unspecified atom stereocenters. The molecule has 2 aliphatic heterocycles. The number of carbonyl (C=O) groups is 1. The van der Waals surface area contributed by atoms with Crippen LogP contribution in [0.15, 0.2) is 60.1 Å². The van der Waals surface area contributed by atoms with Crippen molar-refractivity contribution in [2.45, 2.75) is 13.0 Å². The molecule has 2 aromatic carbocycles. The highest BCUT2D eigenvalue weighted by Gasteiger charge is 2.31. The zero-order valence-corrected chi connectivity index (χ0v) is 17.3. The van der Waals surface area contributed by atoms with Crippen molar-refractivity contribution in [1.29, 1.82) is 0 Å². The van der Waals surface area contributed by atoms with Gasteiger partial charge in [-0.3, -0.25) is 0 Å². The largest absolute Gasteiger partial charge is 0.497 e. The second kappa shape index (κ2) is 8.49. The number of hydrogen-bond acceptors (Lipinski definition) is 5. The molecule has 156 valence electrons. The molecule has 30 heavy (non-hydrogen) atoms. The number of nitrogens with one attached hydrogen (secondary N) is 1. The van der Waals surface area contributed by atoms with E-state index in [1.807, 2.05) is 54.3 Å². The average molecular weight is 406 g/mol. The maximum atomic E-state index is 12.4. The number of hydrogen-bond donors (Lipinski definition) is 1. The number of nitrogens with zero attached hydrogens (tertiary/aromatic N) is 3. The van der Waals surface area contributed by atoms with Gasteiger partial charge in [-0.25, -0.2) is 9.79 Å². The third-order valence-corrected chi connectivity index (χ3v) is 5.32. The van der Waals surface area contributed by atoms with Crippen molar-refractivity contribution in [3.63, 3.8) is 0 Å². The van der Waals surface area contributed by atoms with Crippen LogP contribution in [0.3, 0.4) is 0 Å². The Morgan fingerprint density at radius 3 is 2.90 bits per heavy atom. The molecule has 0 bridgehead atoms. The first-order valence-corrected chi connectivity index (χ1v) is 10.0. The van der Waals surface area contributed by atoms with Crippen molar-refractivity contribution in [2.24, 2.45) is 4.99 Å². The minimum atomic E-state index is -0.0689. The summed E-state index contributed by atoms with van der Waals surface area (Å²) in [5.41, 5.74) is 1.66. The molecule has 0 aliphatic carbocycles. The van der Waals surface area contributed by atoms with Crippen LogP contribution in [0.25, 0.3) is 0 Å². The van der Waals surface area contributed by atoms with E-state index in [0.717, 1.165) is 34.3 Å². The second-order valence-corrected chi connectivity index (χ2v) is 7.33. The summed E-state index contributed by atoms with van der Waals surface area (Å²) in [6.45, 7) is 8.10. The van der Waals surface area contributed by atoms with Gasteiger partial charge in [-0.15, -0.1) is 6.58 Å². The molecule has 0 spiro atoms. The molecular weight excluding hydrogens is 380 g/mol. The first-order valence-electron chi connectivity index (χ1n) is 10.0. The third kappa shape index (κ3) is 3.83. The number of amides is 2. The van der Waals surface area contributed by atoms with E-state index in [2.05, 4.69) is 16.8 Å². The lowest BCUT2D eigenvalue weighted by Crippen LogP contribution is -2.57. The summed E-state index contributed by atoms with van der Waals surface area (Å²) >= 11 is 0. The van der Waals surface area contributed by atoms with Crippen molar-refractivity contribution < 1.29 is 14.3 Å². The molecule has 1 N–H and O–H groups in total. The third-order valence-electron chi connectivity index (χ3n) is 5.32. The Morgan fingerprint density at radius 1 is 1.30 bits per heavy atom. The van der Waals surface area contributed by atoms with E-state index in [1.54, 1.807) is 13.2 Å². The standard InChI is InChI=1S/C23H26N4O3/c1-4-11-24-23(28)27-13-12-26(15-16(27)2)22-18-14-17(29-3)9-10-20(18)30-21-8-6-5-7-19(21)25-22/h4-10,14,16H,1,11-13,15H2,2-3H3,(H,24,28). The molecule has 2 aliphatic rings. The van der Waals surface area contributed by atoms with Crippen LogP contribution < -0.4 is 14.8 Å². The fourth-order valence-electron chi connectivity index (χ4n) is 3.78. The van der Waals surface area contributed by atoms with Crippen LogP contribution in [-0.2, 0) is 0 Å². The predicted molar refractivity (Wildman–Crippen MR) is 117 cm³/mol. The fourth-order valence-corrected chi connectivity index (χ4v) is 3.78. The van der Waals surface area contributed by atoms with Crippen molar-refractivity contribution in [3.8, 4) is 17.2 Å². The van der Waals surface area contributed by atoms with E-state index in [9.17, 15) is 4.79 Å². The van der Waals surface area contributed by atoms with Gasteiger partial charge in [0, 0.05) is 32.2 Å². The summed E-state index contributed by atoms with van der Waals surface area (Å²) in [5.74, 6) is 3.02. The average Bonchev–Trinajstić information content (AvgIpc) is 2.93. The van der Waals surface area contributed by atoms with Crippen LogP contribution in [0.2, 0.25) is 0 Å². The zero-order chi connectivity index (χ0) is 21.1. The molecule has 4 rings (SSSR count). The summed E-state index contributed by atoms with van der Waals surface area (Å²) in [4.78, 5) is 21.5. The molecule has 0 aromatic heterocycles. The molecule has 7 nitrogen and oxygen atoms in total. The van der Waals surface area contributed by atoms with Crippen LogP contribution in [-0.4, -0.2) is 61.0 Å². The number of fused-ring (bicyclic) bond motifs is 2. The molecule has 2 heterocycles. The minimum Gasteiger partial charge on any atom is -0.497 e. The number of aliphatic imine (C=N–C) groups is 1. The van der Waals surface area contributed by atoms with Crippen molar-refractivity contribution in [1.82, 2.24) is 15.1 Å². The molecule has 0 radical (unpaired) electrons. The fraction of sp³-hybridized carbons (Fsp3) is 0.304. The zero-order valence-electron chi connectivity index (χ0n) is 17.3. The van der Waals surface area contributed by atoms with Crippen LogP contribution in [0.1, 0.15) is 12.5 Å². The normalized spacial score (nSPS) is 17.7. The van der Waals surface area contributed by atoms with Crippen molar-refractivity contribution in [3.05, 3.63) is 60.7 Å². The monoisotopic (exact) mass is 406 g/mol. The Hall–Kier alpha value is -3.48. The highest BCUT2D eigenvalue weighted by Crippen LogP contribution is 2.39. The molecule has 1 saturated heterocycles. The van der Waals surface area contributed by atoms with E-state index in [4.69, 9.17) is 14.5 Å². The minimum absolute atomic E-state index is 0.0275. The molecular formula is C23H26N4O3. The van der Waals surface area contributed by atoms with E-state index in [0.29, 0.717) is 26.2 Å². The first kappa shape index (κ1) is 19.8. The molecule has 0 saturated carbocycles. The Labute approximate surface area is 176 Å². The van der Waals surface area contributed by atoms with E-state index in [1.165, 1.54) is 0 Å². The maximum absolute atomic E-state index is 12.4. The van der Waals surface area contributed by atoms with Gasteiger partial charge in [0.2, 0.25) is 0 Å². The van der Waals surface area contributed by atoms with Crippen LogP contribution in [0.5, 0.6) is 17.2 Å². The lowest BCUT2D eigenvalue weighted by atomic mass is 10.1. The van der Waals surface area contributed by atoms with Crippen molar-refractivity contribution in [2.75, 3.05) is 33.3 Å². The Balaban J connectivity index is 1.67. The summed E-state index contributed by atoms with van der Waals surface area (Å²) in [6, 6.07) is 13.5. The number of urea groups is 1. The second-order valence-electron chi connectivity index (χ2n) is 7.33. The van der Waals surface area contributed by atoms with Crippen LogP contribution in [0.4, 0.5) is 10.5 Å². The number of para-hydroxylation sites is 2. The van der Waals surface area contributed by atoms with Gasteiger partial charge in [0.15, 0.2) is 5.75 Å². The number of ether oxygens (including phenoxy) is 2. The molecule has 1 atom stereocenters. The smallest absolute Gasteiger partial charge is 0.318 e. The number of benzene rings is 2. The van der Waals surface area contributed by atoms with Crippen molar-refractivity contribution >= 4 is 17.6 Å². The number of methoxy groups -OCH3 is 1. The Kier molecular flexibility index (Phi) is 5.61. The summed E-state index contributed by atoms with van der Waals surface area (Å²) in [6.07, 6.45) is 1.68. The van der Waals surface area contributed by atoms with Gasteiger partial charge in [-0.05, 0) is 37.3 Å². The van der Waals surface area contributed by atoms with Gasteiger partial charge < -0.3 is 24.6 Å². The quantitative estimate of drug-likeness (QED) is 0.788. The van der Waals surface area contributed by atoms with E-state index >= 15 is 0 Å². The lowest BCUT2D eigenvalue weighted by molar-refractivity contribution is 0.135. The van der Waals surface area contributed by atoms with Gasteiger partial charge in [-0.2, -0.15) is 0 Å². The molecule has 1 fully saturated rings. The predicted octanol–water partition coefficient (Wildman–Crippen LogP) is 3.78. The van der Waals surface area contributed by atoms with Gasteiger partial charge in [0.1, 0.15) is 23.0 Å². The van der Waals surface area contributed by atoms with E-state index in [-0.39, 0.29) is 12.1 Å². The number of rotatable bonds is 3. The highest BCUT2D eigenvalue weighted by atomic mass is 16.5. The van der Waals surface area contributed by atoms with Crippen LogP contribution >= 0.6 is 0 Å². The lowest BCUT2D eigenvalue weighted by Gasteiger charge is -2.41. The van der Waals surface area contributed by atoms with Gasteiger partial charge in [-0.1, -0.05) is 18.2 Å².